The number of benzene rings is 1. The average Bonchev–Trinajstić information content (AvgIpc) is 4.03. The number of hydrogen-bond acceptors (Lipinski definition) is 9. The highest BCUT2D eigenvalue weighted by Gasteiger charge is 2.64. The predicted octanol–water partition coefficient (Wildman–Crippen LogP) is 5.19. The van der Waals surface area contributed by atoms with E-state index in [4.69, 9.17) is 4.74 Å². The molecule has 58 heavy (non-hydrogen) atoms. The number of allylic oxidation sites excluding steroid dienone is 1. The minimum Gasteiger partial charge on any atom is -0.483 e. The molecule has 1 saturated heterocycles. The van der Waals surface area contributed by atoms with Gasteiger partial charge in [-0.15, -0.1) is 0 Å². The highest BCUT2D eigenvalue weighted by molar-refractivity contribution is 7.91. The van der Waals surface area contributed by atoms with Gasteiger partial charge in [-0.1, -0.05) is 43.2 Å². The lowest BCUT2D eigenvalue weighted by Crippen LogP contribution is -2.59. The Morgan fingerprint density at radius 2 is 1.74 bits per heavy atom. The summed E-state index contributed by atoms with van der Waals surface area (Å²) in [6.45, 7) is 2.93. The first-order chi connectivity index (χ1) is 27.1. The first-order valence-corrected chi connectivity index (χ1v) is 20.6. The van der Waals surface area contributed by atoms with Gasteiger partial charge in [0.2, 0.25) is 21.8 Å². The quantitative estimate of drug-likeness (QED) is 0.271. The van der Waals surface area contributed by atoms with Gasteiger partial charge >= 0.3 is 18.4 Å². The Morgan fingerprint density at radius 1 is 1.03 bits per heavy atom. The molecule has 3 N–H and O–H groups in total. The standard InChI is InChI=1S/C38H43F6N5O8S/c1-21-28-24(23-11-8-9-12-25(23)45-21)14-15-35(57-28)19-27-29(50)47-36(32(52)48-58(54,55)34(2)16-17-34)18-22(36)10-6-4-3-5-7-13-26(30(51)49(27)20-35)46-33(53)56-31(37(39,40)41)38(42,43)44/h6,8-12,22,26-27,31H,3-5,7,13-20H2,1-2H3,(H,46,53)(H,47,50)(H,48,52). The third-order valence-electron chi connectivity index (χ3n) is 12.0. The Morgan fingerprint density at radius 3 is 2.43 bits per heavy atom. The van der Waals surface area contributed by atoms with Crippen molar-refractivity contribution in [3.63, 3.8) is 0 Å². The molecule has 0 bridgehead atoms. The van der Waals surface area contributed by atoms with Gasteiger partial charge in [-0.25, -0.2) is 18.2 Å². The minimum atomic E-state index is -6.01. The van der Waals surface area contributed by atoms with Crippen molar-refractivity contribution in [2.75, 3.05) is 6.54 Å². The molecule has 3 aliphatic heterocycles. The number of nitrogens with zero attached hydrogens (tertiary/aromatic N) is 2. The highest BCUT2D eigenvalue weighted by Crippen LogP contribution is 2.49. The number of ether oxygens (including phenoxy) is 2. The van der Waals surface area contributed by atoms with E-state index in [9.17, 15) is 53.9 Å². The molecule has 20 heteroatoms. The Kier molecular flexibility index (Phi) is 10.4. The van der Waals surface area contributed by atoms with Gasteiger partial charge < -0.3 is 25.0 Å². The van der Waals surface area contributed by atoms with E-state index in [1.54, 1.807) is 19.1 Å². The van der Waals surface area contributed by atoms with Crippen LogP contribution in [0, 0.1) is 12.8 Å². The first-order valence-electron chi connectivity index (χ1n) is 19.1. The maximum Gasteiger partial charge on any atom is 0.434 e. The lowest BCUT2D eigenvalue weighted by molar-refractivity contribution is -0.307. The number of amides is 4. The molecular weight excluding hydrogens is 801 g/mol. The third kappa shape index (κ3) is 7.91. The van der Waals surface area contributed by atoms with Gasteiger partial charge in [0.25, 0.3) is 12.0 Å². The van der Waals surface area contributed by atoms with Gasteiger partial charge in [-0.2, -0.15) is 26.3 Å². The van der Waals surface area contributed by atoms with Crippen LogP contribution in [0.5, 0.6) is 5.75 Å². The first kappa shape index (κ1) is 41.5. The van der Waals surface area contributed by atoms with Gasteiger partial charge in [0.15, 0.2) is 0 Å². The second-order valence-electron chi connectivity index (χ2n) is 16.3. The van der Waals surface area contributed by atoms with Gasteiger partial charge in [-0.05, 0) is 71.3 Å². The van der Waals surface area contributed by atoms with Crippen molar-refractivity contribution in [2.45, 2.75) is 131 Å². The average molecular weight is 844 g/mol. The molecule has 2 aliphatic carbocycles. The largest absolute Gasteiger partial charge is 0.483 e. The fourth-order valence-corrected chi connectivity index (χ4v) is 9.56. The Bertz CT molecular complexity index is 2150. The van der Waals surface area contributed by atoms with Crippen molar-refractivity contribution in [1.82, 2.24) is 25.2 Å². The second-order valence-corrected chi connectivity index (χ2v) is 18.5. The van der Waals surface area contributed by atoms with Gasteiger partial charge in [-0.3, -0.25) is 19.1 Å². The molecule has 4 amide bonds. The van der Waals surface area contributed by atoms with Gasteiger partial charge in [0.1, 0.15) is 29.0 Å². The van der Waals surface area contributed by atoms with Crippen LogP contribution < -0.4 is 20.1 Å². The number of alkyl carbamates (subject to hydrolysis) is 1. The molecule has 4 heterocycles. The van der Waals surface area contributed by atoms with Crippen LogP contribution in [0.1, 0.15) is 82.4 Å². The molecule has 13 nitrogen and oxygen atoms in total. The molecule has 0 radical (unpaired) electrons. The number of sulfonamides is 1. The number of pyridine rings is 1. The fourth-order valence-electron chi connectivity index (χ4n) is 8.25. The summed E-state index contributed by atoms with van der Waals surface area (Å²) < 4.78 is 118. The Balaban J connectivity index is 1.23. The summed E-state index contributed by atoms with van der Waals surface area (Å²) >= 11 is 0. The molecule has 1 aromatic heterocycles. The normalized spacial score (nSPS) is 28.6. The number of rotatable bonds is 5. The van der Waals surface area contributed by atoms with E-state index < -0.39 is 86.2 Å². The summed E-state index contributed by atoms with van der Waals surface area (Å²) in [5.74, 6) is -3.02. The number of fused-ring (bicyclic) bond motifs is 5. The lowest BCUT2D eigenvalue weighted by Gasteiger charge is -2.36. The van der Waals surface area contributed by atoms with Crippen LogP contribution in [0.25, 0.3) is 10.9 Å². The van der Waals surface area contributed by atoms with Crippen LogP contribution in [-0.2, 0) is 35.6 Å². The molecular formula is C38H43F6N5O8S. The fraction of sp³-hybridized carbons (Fsp3) is 0.605. The molecule has 5 unspecified atom stereocenters. The molecule has 2 aromatic rings. The number of aryl methyl sites for hydroxylation is 2. The Hall–Kier alpha value is -4.62. The van der Waals surface area contributed by atoms with E-state index in [1.807, 2.05) is 29.6 Å². The molecule has 5 atom stereocenters. The Labute approximate surface area is 329 Å². The molecule has 1 spiro atoms. The number of halogens is 6. The zero-order chi connectivity index (χ0) is 42.1. The van der Waals surface area contributed by atoms with E-state index in [2.05, 4.69) is 19.8 Å². The van der Waals surface area contributed by atoms with Crippen LogP contribution in [0.15, 0.2) is 36.4 Å². The number of nitrogens with one attached hydrogen (secondary N) is 3. The smallest absolute Gasteiger partial charge is 0.434 e. The third-order valence-corrected chi connectivity index (χ3v) is 14.2. The van der Waals surface area contributed by atoms with Crippen LogP contribution in [0.4, 0.5) is 31.1 Å². The topological polar surface area (TPSA) is 173 Å². The SMILES string of the molecule is Cc1nc2ccccc2c2c1OC1(CC2)CC2C(=O)NC3(C(=O)NS(=O)(=O)C4(C)CC4)CC3C=CCCCCCC(NC(=O)OC(C(F)(F)F)C(F)(F)F)C(=O)N2C1. The molecule has 5 aliphatic rings. The maximum absolute atomic E-state index is 14.5. The summed E-state index contributed by atoms with van der Waals surface area (Å²) in [7, 11) is -4.13. The molecule has 2 saturated carbocycles. The van der Waals surface area contributed by atoms with E-state index in [-0.39, 0.29) is 38.6 Å². The van der Waals surface area contributed by atoms with E-state index >= 15 is 0 Å². The lowest BCUT2D eigenvalue weighted by atomic mass is 9.87. The summed E-state index contributed by atoms with van der Waals surface area (Å²) in [6.07, 6.45) is -12.6. The zero-order valence-electron chi connectivity index (χ0n) is 31.6. The van der Waals surface area contributed by atoms with Crippen molar-refractivity contribution in [3.8, 4) is 5.75 Å². The molecule has 316 valence electrons. The minimum absolute atomic E-state index is 0.0382. The summed E-state index contributed by atoms with van der Waals surface area (Å²) in [6, 6.07) is 4.21. The number of aromatic nitrogens is 1. The van der Waals surface area contributed by atoms with Crippen molar-refractivity contribution in [1.29, 1.82) is 0 Å². The zero-order valence-corrected chi connectivity index (χ0v) is 32.4. The molecule has 1 aromatic carbocycles. The number of alkyl halides is 6. The molecule has 3 fully saturated rings. The van der Waals surface area contributed by atoms with Crippen molar-refractivity contribution in [2.24, 2.45) is 5.92 Å². The van der Waals surface area contributed by atoms with Gasteiger partial charge in [0, 0.05) is 23.3 Å². The maximum atomic E-state index is 14.5. The van der Waals surface area contributed by atoms with Crippen LogP contribution >= 0.6 is 0 Å². The van der Waals surface area contributed by atoms with Crippen molar-refractivity contribution >= 4 is 44.7 Å². The van der Waals surface area contributed by atoms with Gasteiger partial charge in [0.05, 0.1) is 22.5 Å². The highest BCUT2D eigenvalue weighted by atomic mass is 32.2. The molecule has 7 rings (SSSR count). The van der Waals surface area contributed by atoms with Crippen LogP contribution in [-0.4, -0.2) is 95.1 Å². The van der Waals surface area contributed by atoms with Crippen LogP contribution in [0.2, 0.25) is 0 Å². The van der Waals surface area contributed by atoms with E-state index in [0.29, 0.717) is 50.0 Å². The number of carbonyl (C=O) groups excluding carboxylic acids is 4. The summed E-state index contributed by atoms with van der Waals surface area (Å²) in [4.78, 5) is 61.4. The number of hydrogen-bond donors (Lipinski definition) is 3. The second kappa shape index (κ2) is 14.6. The van der Waals surface area contributed by atoms with E-state index in [0.717, 1.165) is 21.4 Å². The summed E-state index contributed by atoms with van der Waals surface area (Å²) in [5.41, 5.74) is -0.903. The van der Waals surface area contributed by atoms with Crippen molar-refractivity contribution in [3.05, 3.63) is 47.7 Å². The van der Waals surface area contributed by atoms with Crippen molar-refractivity contribution < 1.29 is 63.4 Å². The summed E-state index contributed by atoms with van der Waals surface area (Å²) in [5, 5.41) is 5.46. The number of para-hydroxylation sites is 1. The number of carbonyl (C=O) groups is 4. The predicted molar refractivity (Wildman–Crippen MR) is 193 cm³/mol. The van der Waals surface area contributed by atoms with E-state index in [1.165, 1.54) is 6.92 Å². The monoisotopic (exact) mass is 843 g/mol. The van der Waals surface area contributed by atoms with Crippen LogP contribution in [0.3, 0.4) is 0 Å².